The summed E-state index contributed by atoms with van der Waals surface area (Å²) in [5, 5.41) is 15.5. The van der Waals surface area contributed by atoms with Gasteiger partial charge in [0.1, 0.15) is 24.3 Å². The van der Waals surface area contributed by atoms with Crippen molar-refractivity contribution in [1.82, 2.24) is 10.3 Å². The number of hydrogen-bond donors (Lipinski definition) is 3. The topological polar surface area (TPSA) is 163 Å². The minimum Gasteiger partial charge on any atom is -0.480 e. The number of pyridine rings is 1. The van der Waals surface area contributed by atoms with Crippen molar-refractivity contribution in [2.75, 3.05) is 66.0 Å². The van der Waals surface area contributed by atoms with Gasteiger partial charge >= 0.3 is 12.2 Å². The molecule has 5 rings (SSSR count). The molecule has 1 aromatic heterocycles. The molecule has 1 aromatic carbocycles. The summed E-state index contributed by atoms with van der Waals surface area (Å²) >= 11 is 0. The van der Waals surface area contributed by atoms with E-state index in [2.05, 4.69) is 49.5 Å². The Hall–Kier alpha value is -4.28. The Balaban J connectivity index is 1.25. The second-order valence-electron chi connectivity index (χ2n) is 12.8. The Bertz CT molecular complexity index is 1550. The van der Waals surface area contributed by atoms with E-state index in [4.69, 9.17) is 13.9 Å². The van der Waals surface area contributed by atoms with Crippen LogP contribution in [0.4, 0.5) is 37.0 Å². The zero-order chi connectivity index (χ0) is 33.4. The predicted molar refractivity (Wildman–Crippen MR) is 170 cm³/mol. The molecule has 0 saturated carbocycles. The number of rotatable bonds is 10. The van der Waals surface area contributed by atoms with E-state index in [0.29, 0.717) is 11.6 Å². The Morgan fingerprint density at radius 3 is 2.70 bits per heavy atom. The van der Waals surface area contributed by atoms with E-state index in [1.165, 1.54) is 21.9 Å². The second kappa shape index (κ2) is 12.8. The molecule has 248 valence electrons. The summed E-state index contributed by atoms with van der Waals surface area (Å²) in [5.41, 5.74) is 0.645. The number of carbonyl (C=O) groups excluding carboxylic acids is 3. The smallest absolute Gasteiger partial charge is 0.416 e. The number of hydrogen-bond acceptors (Lipinski definition) is 9. The van der Waals surface area contributed by atoms with Gasteiger partial charge in [-0.1, -0.05) is 20.8 Å². The molecule has 1 fully saturated rings. The summed E-state index contributed by atoms with van der Waals surface area (Å²) in [6.07, 6.45) is -2.32. The zero-order valence-corrected chi connectivity index (χ0v) is 27.5. The maximum absolute atomic E-state index is 15.4. The Kier molecular flexibility index (Phi) is 9.24. The van der Waals surface area contributed by atoms with Gasteiger partial charge in [-0.25, -0.2) is 19.0 Å². The van der Waals surface area contributed by atoms with Gasteiger partial charge in [-0.3, -0.25) is 19.4 Å². The third-order valence-electron chi connectivity index (χ3n) is 8.71. The summed E-state index contributed by atoms with van der Waals surface area (Å²) < 4.78 is 32.4. The van der Waals surface area contributed by atoms with Gasteiger partial charge in [0.05, 0.1) is 24.5 Å². The average Bonchev–Trinajstić information content (AvgIpc) is 3.35. The van der Waals surface area contributed by atoms with Gasteiger partial charge in [0, 0.05) is 18.7 Å². The molecule has 4 heterocycles. The summed E-state index contributed by atoms with van der Waals surface area (Å²) in [4.78, 5) is 57.5. The first-order chi connectivity index (χ1) is 21.7. The van der Waals surface area contributed by atoms with Gasteiger partial charge in [-0.05, 0) is 55.4 Å². The minimum absolute atomic E-state index is 0.0474. The molecule has 0 spiro atoms. The van der Waals surface area contributed by atoms with Gasteiger partial charge in [-0.2, -0.15) is 0 Å². The summed E-state index contributed by atoms with van der Waals surface area (Å²) in [7, 11) is -2.13. The van der Waals surface area contributed by atoms with Crippen LogP contribution in [-0.4, -0.2) is 94.5 Å². The van der Waals surface area contributed by atoms with Crippen LogP contribution in [-0.2, 0) is 25.2 Å². The van der Waals surface area contributed by atoms with Gasteiger partial charge in [0.25, 0.3) is 5.91 Å². The number of benzene rings is 1. The van der Waals surface area contributed by atoms with E-state index in [1.807, 2.05) is 0 Å². The van der Waals surface area contributed by atoms with Crippen LogP contribution in [0.1, 0.15) is 26.3 Å². The van der Waals surface area contributed by atoms with Crippen molar-refractivity contribution in [3.63, 3.8) is 0 Å². The van der Waals surface area contributed by atoms with E-state index in [-0.39, 0.29) is 86.1 Å². The normalized spacial score (nSPS) is 18.2. The van der Waals surface area contributed by atoms with Gasteiger partial charge in [0.15, 0.2) is 26.5 Å². The summed E-state index contributed by atoms with van der Waals surface area (Å²) in [6.45, 7) is 11.1. The fourth-order valence-corrected chi connectivity index (χ4v) is 6.23. The Morgan fingerprint density at radius 1 is 1.22 bits per heavy atom. The SMILES string of the molecule is CC(C)(C)[Si](C)(C)OCCN1C(=O)CN(C(=O)O)c2ccc(F)c(CCNCC3CN(c4ccc5c(n4)NC(=O)CO5)C(=O)O3)c21. The van der Waals surface area contributed by atoms with Crippen molar-refractivity contribution in [3.8, 4) is 5.75 Å². The Morgan fingerprint density at radius 2 is 1.98 bits per heavy atom. The average molecular weight is 659 g/mol. The van der Waals surface area contributed by atoms with Crippen LogP contribution in [0.3, 0.4) is 0 Å². The molecule has 3 N–H and O–H groups in total. The second-order valence-corrected chi connectivity index (χ2v) is 17.6. The molecule has 0 aliphatic carbocycles. The van der Waals surface area contributed by atoms with Gasteiger partial charge in [0.2, 0.25) is 5.91 Å². The van der Waals surface area contributed by atoms with Crippen LogP contribution in [0, 0.1) is 5.82 Å². The number of fused-ring (bicyclic) bond motifs is 2. The molecule has 46 heavy (non-hydrogen) atoms. The third-order valence-corrected chi connectivity index (χ3v) is 13.2. The van der Waals surface area contributed by atoms with Crippen LogP contribution in [0.15, 0.2) is 24.3 Å². The number of nitrogens with one attached hydrogen (secondary N) is 2. The number of halogens is 1. The summed E-state index contributed by atoms with van der Waals surface area (Å²) in [5.74, 6) is -0.462. The molecule has 0 radical (unpaired) electrons. The van der Waals surface area contributed by atoms with Crippen LogP contribution in [0.5, 0.6) is 5.75 Å². The van der Waals surface area contributed by atoms with Gasteiger partial charge in [-0.15, -0.1) is 0 Å². The molecule has 4 amide bonds. The number of ether oxygens (including phenoxy) is 2. The molecular weight excluding hydrogens is 619 g/mol. The number of carboxylic acid groups (broad SMARTS) is 1. The number of amides is 4. The molecule has 1 unspecified atom stereocenters. The van der Waals surface area contributed by atoms with Gasteiger partial charge < -0.3 is 34.5 Å². The zero-order valence-electron chi connectivity index (χ0n) is 26.5. The van der Waals surface area contributed by atoms with Crippen molar-refractivity contribution >= 4 is 55.3 Å². The van der Waals surface area contributed by atoms with E-state index in [9.17, 15) is 24.3 Å². The molecule has 3 aliphatic heterocycles. The first-order valence-electron chi connectivity index (χ1n) is 15.0. The number of anilines is 4. The first-order valence-corrected chi connectivity index (χ1v) is 18.0. The molecular formula is C30H39FN6O8Si. The highest BCUT2D eigenvalue weighted by atomic mass is 28.4. The Labute approximate surface area is 266 Å². The van der Waals surface area contributed by atoms with Crippen LogP contribution < -0.4 is 30.1 Å². The lowest BCUT2D eigenvalue weighted by Gasteiger charge is -2.39. The number of aromatic nitrogens is 1. The van der Waals surface area contributed by atoms with Crippen molar-refractivity contribution in [3.05, 3.63) is 35.6 Å². The van der Waals surface area contributed by atoms with E-state index in [0.717, 1.165) is 4.90 Å². The van der Waals surface area contributed by atoms with Crippen molar-refractivity contribution in [1.29, 1.82) is 0 Å². The molecule has 0 bridgehead atoms. The molecule has 1 saturated heterocycles. The fraction of sp³-hybridized carbons (Fsp3) is 0.500. The lowest BCUT2D eigenvalue weighted by molar-refractivity contribution is -0.119. The van der Waals surface area contributed by atoms with E-state index < -0.39 is 38.3 Å². The maximum atomic E-state index is 15.4. The number of carbonyl (C=O) groups is 4. The molecule has 1 atom stereocenters. The van der Waals surface area contributed by atoms with E-state index in [1.54, 1.807) is 12.1 Å². The highest BCUT2D eigenvalue weighted by Crippen LogP contribution is 2.40. The molecule has 3 aliphatic rings. The van der Waals surface area contributed by atoms with Crippen LogP contribution in [0.2, 0.25) is 18.1 Å². The lowest BCUT2D eigenvalue weighted by Crippen LogP contribution is -2.50. The minimum atomic E-state index is -2.13. The van der Waals surface area contributed by atoms with E-state index >= 15 is 4.39 Å². The van der Waals surface area contributed by atoms with Crippen LogP contribution in [0.25, 0.3) is 0 Å². The van der Waals surface area contributed by atoms with Crippen molar-refractivity contribution in [2.45, 2.75) is 51.4 Å². The molecule has 16 heteroatoms. The highest BCUT2D eigenvalue weighted by molar-refractivity contribution is 6.74. The maximum Gasteiger partial charge on any atom is 0.416 e. The lowest BCUT2D eigenvalue weighted by atomic mass is 10.0. The van der Waals surface area contributed by atoms with Crippen molar-refractivity contribution in [2.24, 2.45) is 0 Å². The highest BCUT2D eigenvalue weighted by Gasteiger charge is 2.39. The van der Waals surface area contributed by atoms with Crippen molar-refractivity contribution < 1.29 is 42.6 Å². The number of cyclic esters (lactones) is 1. The summed E-state index contributed by atoms with van der Waals surface area (Å²) in [6, 6.07) is 5.80. The standard InChI is InChI=1S/C30H39FN6O8Si/c1-30(2,3)46(4,5)44-13-12-35-25(39)16-36(28(40)41)21-7-6-20(31)19(26(21)35)10-11-32-14-18-15-37(29(42)45-18)23-9-8-22-27(33-23)34-24(38)17-43-22/h6-9,18,32H,10-17H2,1-5H3,(H,40,41)(H,33,34,38). The number of nitrogens with zero attached hydrogens (tertiary/aromatic N) is 4. The first kappa shape index (κ1) is 33.1. The molecule has 2 aromatic rings. The third kappa shape index (κ3) is 6.78. The predicted octanol–water partition coefficient (Wildman–Crippen LogP) is 3.56. The molecule has 14 nitrogen and oxygen atoms in total. The monoisotopic (exact) mass is 658 g/mol. The van der Waals surface area contributed by atoms with Crippen LogP contribution >= 0.6 is 0 Å². The quantitative estimate of drug-likeness (QED) is 0.254. The fourth-order valence-electron chi connectivity index (χ4n) is 5.20. The largest absolute Gasteiger partial charge is 0.480 e.